The van der Waals surface area contributed by atoms with Crippen LogP contribution in [0.25, 0.3) is 0 Å². The van der Waals surface area contributed by atoms with Crippen LogP contribution >= 0.6 is 0 Å². The lowest BCUT2D eigenvalue weighted by Gasteiger charge is -2.06. The molecule has 1 unspecified atom stereocenters. The summed E-state index contributed by atoms with van der Waals surface area (Å²) in [5, 5.41) is 3.45. The quantitative estimate of drug-likeness (QED) is 0.621. The van der Waals surface area contributed by atoms with Gasteiger partial charge < -0.3 is 5.32 Å². The minimum Gasteiger partial charge on any atom is -0.313 e. The summed E-state index contributed by atoms with van der Waals surface area (Å²) in [5.74, 6) is 0.905. The Hall–Kier alpha value is -0.300. The maximum Gasteiger partial charge on any atom is 0.0161 e. The lowest BCUT2D eigenvalue weighted by Crippen LogP contribution is -2.20. The molecule has 1 aliphatic carbocycles. The molecule has 1 heteroatoms. The second kappa shape index (κ2) is 3.61. The highest BCUT2D eigenvalue weighted by Crippen LogP contribution is 2.50. The molecule has 1 saturated carbocycles. The third kappa shape index (κ3) is 2.63. The Morgan fingerprint density at radius 3 is 2.58 bits per heavy atom. The van der Waals surface area contributed by atoms with Gasteiger partial charge in [0, 0.05) is 6.54 Å². The van der Waals surface area contributed by atoms with Crippen LogP contribution in [0.3, 0.4) is 0 Å². The van der Waals surface area contributed by atoms with Gasteiger partial charge in [-0.15, -0.1) is 0 Å². The standard InChI is InChI=1S/C11H21N/c1-5-9(2)7-12-8-10-6-11(10,3)4/h10,12H,2,5-8H2,1,3-4H3. The molecule has 70 valence electrons. The fraction of sp³-hybridized carbons (Fsp3) is 0.818. The zero-order valence-corrected chi connectivity index (χ0v) is 8.61. The smallest absolute Gasteiger partial charge is 0.0161 e. The van der Waals surface area contributed by atoms with Crippen molar-refractivity contribution < 1.29 is 0 Å². The molecule has 0 bridgehead atoms. The molecular weight excluding hydrogens is 146 g/mol. The zero-order valence-electron chi connectivity index (χ0n) is 8.61. The molecular formula is C11H21N. The average Bonchev–Trinajstić information content (AvgIpc) is 2.59. The summed E-state index contributed by atoms with van der Waals surface area (Å²) in [7, 11) is 0. The van der Waals surface area contributed by atoms with Gasteiger partial charge in [-0.1, -0.05) is 32.9 Å². The van der Waals surface area contributed by atoms with E-state index >= 15 is 0 Å². The van der Waals surface area contributed by atoms with Crippen LogP contribution in [0.5, 0.6) is 0 Å². The summed E-state index contributed by atoms with van der Waals surface area (Å²) in [6, 6.07) is 0. The maximum atomic E-state index is 3.96. The van der Waals surface area contributed by atoms with Gasteiger partial charge in [0.25, 0.3) is 0 Å². The van der Waals surface area contributed by atoms with E-state index in [0.29, 0.717) is 5.41 Å². The van der Waals surface area contributed by atoms with E-state index in [0.717, 1.165) is 18.9 Å². The van der Waals surface area contributed by atoms with Gasteiger partial charge >= 0.3 is 0 Å². The van der Waals surface area contributed by atoms with Crippen LogP contribution in [0.15, 0.2) is 12.2 Å². The Kier molecular flexibility index (Phi) is 2.94. The molecule has 0 aliphatic heterocycles. The van der Waals surface area contributed by atoms with Gasteiger partial charge in [0.05, 0.1) is 0 Å². The first kappa shape index (κ1) is 9.79. The van der Waals surface area contributed by atoms with Gasteiger partial charge in [0.1, 0.15) is 0 Å². The Morgan fingerprint density at radius 1 is 1.58 bits per heavy atom. The SMILES string of the molecule is C=C(CC)CNCC1CC1(C)C. The molecule has 1 N–H and O–H groups in total. The van der Waals surface area contributed by atoms with Crippen LogP contribution in [0.1, 0.15) is 33.6 Å². The Balaban J connectivity index is 2.01. The highest BCUT2D eigenvalue weighted by molar-refractivity contribution is 4.99. The Labute approximate surface area is 76.2 Å². The highest BCUT2D eigenvalue weighted by Gasteiger charge is 2.44. The number of hydrogen-bond acceptors (Lipinski definition) is 1. The number of hydrogen-bond donors (Lipinski definition) is 1. The summed E-state index contributed by atoms with van der Waals surface area (Å²) in [6.07, 6.45) is 2.49. The molecule has 0 aromatic heterocycles. The Morgan fingerprint density at radius 2 is 2.17 bits per heavy atom. The monoisotopic (exact) mass is 167 g/mol. The van der Waals surface area contributed by atoms with E-state index in [1.165, 1.54) is 18.5 Å². The molecule has 0 saturated heterocycles. The average molecular weight is 167 g/mol. The molecule has 0 aromatic rings. The lowest BCUT2D eigenvalue weighted by atomic mass is 10.1. The van der Waals surface area contributed by atoms with Gasteiger partial charge in [-0.3, -0.25) is 0 Å². The molecule has 1 rings (SSSR count). The van der Waals surface area contributed by atoms with Gasteiger partial charge in [0.15, 0.2) is 0 Å². The first-order valence-electron chi connectivity index (χ1n) is 4.93. The van der Waals surface area contributed by atoms with E-state index < -0.39 is 0 Å². The topological polar surface area (TPSA) is 12.0 Å². The van der Waals surface area contributed by atoms with Gasteiger partial charge in [-0.05, 0) is 30.7 Å². The van der Waals surface area contributed by atoms with Crippen LogP contribution in [0, 0.1) is 11.3 Å². The summed E-state index contributed by atoms with van der Waals surface area (Å²) in [4.78, 5) is 0. The lowest BCUT2D eigenvalue weighted by molar-refractivity contribution is 0.528. The van der Waals surface area contributed by atoms with Crippen molar-refractivity contribution in [3.8, 4) is 0 Å². The van der Waals surface area contributed by atoms with Crippen LogP contribution in [0.4, 0.5) is 0 Å². The summed E-state index contributed by atoms with van der Waals surface area (Å²) < 4.78 is 0. The van der Waals surface area contributed by atoms with Crippen LogP contribution in [-0.2, 0) is 0 Å². The molecule has 1 aliphatic rings. The second-order valence-corrected chi connectivity index (χ2v) is 4.62. The summed E-state index contributed by atoms with van der Waals surface area (Å²) >= 11 is 0. The normalized spacial score (nSPS) is 25.4. The van der Waals surface area contributed by atoms with E-state index in [1.54, 1.807) is 0 Å². The third-order valence-electron chi connectivity index (χ3n) is 2.98. The molecule has 12 heavy (non-hydrogen) atoms. The largest absolute Gasteiger partial charge is 0.313 e. The molecule has 1 atom stereocenters. The first-order valence-corrected chi connectivity index (χ1v) is 4.93. The highest BCUT2D eigenvalue weighted by atomic mass is 14.9. The van der Waals surface area contributed by atoms with Crippen molar-refractivity contribution in [1.82, 2.24) is 5.32 Å². The minimum absolute atomic E-state index is 0.612. The van der Waals surface area contributed by atoms with Crippen molar-refractivity contribution in [2.45, 2.75) is 33.6 Å². The van der Waals surface area contributed by atoms with E-state index in [9.17, 15) is 0 Å². The minimum atomic E-state index is 0.612. The Bertz CT molecular complexity index is 170. The number of nitrogens with one attached hydrogen (secondary N) is 1. The van der Waals surface area contributed by atoms with E-state index in [4.69, 9.17) is 0 Å². The van der Waals surface area contributed by atoms with Crippen molar-refractivity contribution in [3.05, 3.63) is 12.2 Å². The predicted octanol–water partition coefficient (Wildman–Crippen LogP) is 2.59. The van der Waals surface area contributed by atoms with Crippen molar-refractivity contribution in [2.75, 3.05) is 13.1 Å². The molecule has 0 amide bonds. The van der Waals surface area contributed by atoms with Crippen LogP contribution in [-0.4, -0.2) is 13.1 Å². The van der Waals surface area contributed by atoms with Crippen molar-refractivity contribution in [3.63, 3.8) is 0 Å². The van der Waals surface area contributed by atoms with Gasteiger partial charge in [-0.2, -0.15) is 0 Å². The summed E-state index contributed by atoms with van der Waals surface area (Å²) in [6.45, 7) is 13.0. The third-order valence-corrected chi connectivity index (χ3v) is 2.98. The first-order chi connectivity index (χ1) is 5.56. The fourth-order valence-corrected chi connectivity index (χ4v) is 1.47. The van der Waals surface area contributed by atoms with Gasteiger partial charge in [-0.25, -0.2) is 0 Å². The molecule has 0 aromatic carbocycles. The van der Waals surface area contributed by atoms with Crippen LogP contribution < -0.4 is 5.32 Å². The van der Waals surface area contributed by atoms with E-state index in [2.05, 4.69) is 32.7 Å². The van der Waals surface area contributed by atoms with Crippen molar-refractivity contribution in [2.24, 2.45) is 11.3 Å². The molecule has 1 nitrogen and oxygen atoms in total. The van der Waals surface area contributed by atoms with Crippen LogP contribution in [0.2, 0.25) is 0 Å². The van der Waals surface area contributed by atoms with Gasteiger partial charge in [0.2, 0.25) is 0 Å². The maximum absolute atomic E-state index is 3.96. The number of rotatable bonds is 5. The predicted molar refractivity (Wildman–Crippen MR) is 54.2 cm³/mol. The molecule has 0 radical (unpaired) electrons. The fourth-order valence-electron chi connectivity index (χ4n) is 1.47. The molecule has 0 heterocycles. The molecule has 1 fully saturated rings. The van der Waals surface area contributed by atoms with Crippen molar-refractivity contribution >= 4 is 0 Å². The van der Waals surface area contributed by atoms with E-state index in [-0.39, 0.29) is 0 Å². The summed E-state index contributed by atoms with van der Waals surface area (Å²) in [5.41, 5.74) is 1.93. The second-order valence-electron chi connectivity index (χ2n) is 4.62. The molecule has 0 spiro atoms. The zero-order chi connectivity index (χ0) is 9.19. The van der Waals surface area contributed by atoms with Crippen molar-refractivity contribution in [1.29, 1.82) is 0 Å². The van der Waals surface area contributed by atoms with E-state index in [1.807, 2.05) is 0 Å².